The van der Waals surface area contributed by atoms with Crippen molar-refractivity contribution in [3.05, 3.63) is 12.7 Å². The van der Waals surface area contributed by atoms with E-state index in [0.717, 1.165) is 0 Å². The number of hydrogen-bond acceptors (Lipinski definition) is 3. The van der Waals surface area contributed by atoms with Crippen LogP contribution in [0, 0.1) is 0 Å². The number of hydrogen-bond donors (Lipinski definition) is 1. The smallest absolute Gasteiger partial charge is 1.00 e. The van der Waals surface area contributed by atoms with Gasteiger partial charge in [-0.2, -0.15) is 12.6 Å². The third-order valence-electron chi connectivity index (χ3n) is 0.678. The summed E-state index contributed by atoms with van der Waals surface area (Å²) in [5, 5.41) is 0. The van der Waals surface area contributed by atoms with Crippen LogP contribution in [0.4, 0.5) is 0 Å². The molecule has 4 heteroatoms. The Morgan fingerprint density at radius 3 is 2.80 bits per heavy atom. The van der Waals surface area contributed by atoms with E-state index in [4.69, 9.17) is 0 Å². The van der Waals surface area contributed by atoms with Gasteiger partial charge >= 0.3 is 35.5 Å². The molecule has 0 spiro atoms. The number of rotatable bonds is 4. The first-order valence-electron chi connectivity index (χ1n) is 2.68. The Morgan fingerprint density at radius 1 is 1.80 bits per heavy atom. The fraction of sp³-hybridized carbons (Fsp3) is 0.500. The maximum absolute atomic E-state index is 10.5. The fourth-order valence-corrected chi connectivity index (χ4v) is 0.498. The summed E-state index contributed by atoms with van der Waals surface area (Å²) in [6.07, 6.45) is 1.91. The molecule has 0 aliphatic heterocycles. The van der Waals surface area contributed by atoms with E-state index in [1.807, 2.05) is 0 Å². The van der Waals surface area contributed by atoms with Crippen LogP contribution in [-0.2, 0) is 9.53 Å². The Kier molecular flexibility index (Phi) is 12.6. The largest absolute Gasteiger partial charge is 1.00 e. The van der Waals surface area contributed by atoms with E-state index >= 15 is 0 Å². The maximum Gasteiger partial charge on any atom is 1.00 e. The van der Waals surface area contributed by atoms with Crippen molar-refractivity contribution < 1.29 is 40.5 Å². The Morgan fingerprint density at radius 2 is 2.40 bits per heavy atom. The minimum absolute atomic E-state index is 0. The van der Waals surface area contributed by atoms with E-state index in [9.17, 15) is 4.79 Å². The second-order valence-electron chi connectivity index (χ2n) is 1.45. The molecule has 0 heterocycles. The first kappa shape index (κ1) is 13.2. The van der Waals surface area contributed by atoms with Gasteiger partial charge in [0.15, 0.2) is 0 Å². The summed E-state index contributed by atoms with van der Waals surface area (Å²) < 4.78 is 4.63. The number of esters is 1. The average molecular weight is 170 g/mol. The van der Waals surface area contributed by atoms with Crippen LogP contribution in [0.5, 0.6) is 0 Å². The van der Waals surface area contributed by atoms with Gasteiger partial charge in [0.1, 0.15) is 6.61 Å². The van der Waals surface area contributed by atoms with Gasteiger partial charge in [0.25, 0.3) is 0 Å². The molecule has 0 rings (SSSR count). The Bertz CT molecular complexity index is 111. The van der Waals surface area contributed by atoms with Crippen LogP contribution in [0.1, 0.15) is 7.85 Å². The van der Waals surface area contributed by atoms with Crippen LogP contribution in [0.25, 0.3) is 0 Å². The molecule has 54 valence electrons. The molecule has 0 aromatic carbocycles. The van der Waals surface area contributed by atoms with Gasteiger partial charge < -0.3 is 6.16 Å². The molecule has 0 fully saturated rings. The van der Waals surface area contributed by atoms with Crippen LogP contribution in [0.15, 0.2) is 12.7 Å². The summed E-state index contributed by atoms with van der Waals surface area (Å²) in [7, 11) is 0. The fourth-order valence-electron chi connectivity index (χ4n) is 0.315. The molecule has 0 saturated carbocycles. The van der Waals surface area contributed by atoms with Gasteiger partial charge in [0.05, 0.1) is 6.42 Å². The number of carbonyl (C=O) groups excluding carboxylic acids is 1. The number of thiol groups is 1. The summed E-state index contributed by atoms with van der Waals surface area (Å²) >= 11 is 3.86. The SMILES string of the molecule is C=CCOC(=O)CCS.[H-].[Na+]. The molecular weight excluding hydrogens is 159 g/mol. The number of carbonyl (C=O) groups is 1. The minimum atomic E-state index is -0.218. The van der Waals surface area contributed by atoms with Gasteiger partial charge in [-0.05, 0) is 0 Å². The van der Waals surface area contributed by atoms with E-state index in [-0.39, 0.29) is 37.0 Å². The molecule has 0 amide bonds. The summed E-state index contributed by atoms with van der Waals surface area (Å²) in [5.74, 6) is 0.320. The van der Waals surface area contributed by atoms with Crippen molar-refractivity contribution in [2.45, 2.75) is 6.42 Å². The summed E-state index contributed by atoms with van der Waals surface area (Å²) in [6.45, 7) is 3.69. The molecule has 0 N–H and O–H groups in total. The predicted octanol–water partition coefficient (Wildman–Crippen LogP) is -1.85. The minimum Gasteiger partial charge on any atom is -1.00 e. The normalized spacial score (nSPS) is 7.70. The summed E-state index contributed by atoms with van der Waals surface area (Å²) in [4.78, 5) is 10.5. The van der Waals surface area contributed by atoms with Crippen molar-refractivity contribution in [2.24, 2.45) is 0 Å². The van der Waals surface area contributed by atoms with E-state index in [0.29, 0.717) is 18.8 Å². The van der Waals surface area contributed by atoms with Crippen molar-refractivity contribution in [1.82, 2.24) is 0 Å². The molecule has 0 aromatic rings. The van der Waals surface area contributed by atoms with E-state index in [1.54, 1.807) is 0 Å². The third kappa shape index (κ3) is 8.56. The molecule has 0 aliphatic rings. The van der Waals surface area contributed by atoms with Crippen molar-refractivity contribution in [2.75, 3.05) is 12.4 Å². The summed E-state index contributed by atoms with van der Waals surface area (Å²) in [5.41, 5.74) is 0. The Balaban J connectivity index is -0.000000320. The molecule has 2 nitrogen and oxygen atoms in total. The molecule has 0 saturated heterocycles. The van der Waals surface area contributed by atoms with E-state index < -0.39 is 0 Å². The topological polar surface area (TPSA) is 26.3 Å². The zero-order valence-corrected chi connectivity index (χ0v) is 9.06. The van der Waals surface area contributed by atoms with Crippen molar-refractivity contribution >= 4 is 18.6 Å². The molecule has 0 atom stereocenters. The Hall–Kier alpha value is 0.560. The van der Waals surface area contributed by atoms with Gasteiger partial charge in [-0.1, -0.05) is 12.7 Å². The molecule has 0 unspecified atom stereocenters. The van der Waals surface area contributed by atoms with Gasteiger partial charge in [-0.3, -0.25) is 4.79 Å². The molecular formula is C6H11NaO2S. The van der Waals surface area contributed by atoms with Gasteiger partial charge in [0, 0.05) is 5.75 Å². The van der Waals surface area contributed by atoms with E-state index in [2.05, 4.69) is 23.9 Å². The summed E-state index contributed by atoms with van der Waals surface area (Å²) in [6, 6.07) is 0. The first-order valence-corrected chi connectivity index (χ1v) is 3.32. The molecule has 0 bridgehead atoms. The zero-order chi connectivity index (χ0) is 7.11. The van der Waals surface area contributed by atoms with Crippen LogP contribution in [0.3, 0.4) is 0 Å². The Labute approximate surface area is 90.2 Å². The van der Waals surface area contributed by atoms with Crippen molar-refractivity contribution in [3.8, 4) is 0 Å². The molecule has 0 aliphatic carbocycles. The van der Waals surface area contributed by atoms with Crippen molar-refractivity contribution in [3.63, 3.8) is 0 Å². The van der Waals surface area contributed by atoms with Gasteiger partial charge in [0.2, 0.25) is 0 Å². The van der Waals surface area contributed by atoms with Crippen LogP contribution < -0.4 is 29.6 Å². The van der Waals surface area contributed by atoms with Gasteiger partial charge in [-0.15, -0.1) is 0 Å². The molecule has 0 aromatic heterocycles. The maximum atomic E-state index is 10.5. The van der Waals surface area contributed by atoms with Crippen LogP contribution >= 0.6 is 12.6 Å². The van der Waals surface area contributed by atoms with Crippen molar-refractivity contribution in [1.29, 1.82) is 0 Å². The average Bonchev–Trinajstić information content (AvgIpc) is 1.85. The monoisotopic (exact) mass is 170 g/mol. The second-order valence-corrected chi connectivity index (χ2v) is 1.89. The third-order valence-corrected chi connectivity index (χ3v) is 0.902. The second kappa shape index (κ2) is 9.56. The standard InChI is InChI=1S/C6H10O2S.Na.H/c1-2-4-8-6(7)3-5-9;;/h2,9H,1,3-5H2;;/q;+1;-1. The van der Waals surface area contributed by atoms with Gasteiger partial charge in [-0.25, -0.2) is 0 Å². The molecule has 10 heavy (non-hydrogen) atoms. The number of ether oxygens (including phenoxy) is 1. The van der Waals surface area contributed by atoms with E-state index in [1.165, 1.54) is 6.08 Å². The quantitative estimate of drug-likeness (QED) is 0.232. The zero-order valence-electron chi connectivity index (χ0n) is 7.17. The van der Waals surface area contributed by atoms with Crippen LogP contribution in [-0.4, -0.2) is 18.3 Å². The first-order chi connectivity index (χ1) is 4.31. The predicted molar refractivity (Wildman–Crippen MR) is 40.7 cm³/mol. The molecule has 0 radical (unpaired) electrons. The van der Waals surface area contributed by atoms with Crippen LogP contribution in [0.2, 0.25) is 0 Å².